The Bertz CT molecular complexity index is 518. The van der Waals surface area contributed by atoms with E-state index in [-0.39, 0.29) is 5.97 Å². The van der Waals surface area contributed by atoms with Crippen LogP contribution in [0.25, 0.3) is 5.13 Å². The Morgan fingerprint density at radius 1 is 1.53 bits per heavy atom. The van der Waals surface area contributed by atoms with Gasteiger partial charge in [0.25, 0.3) is 0 Å². The van der Waals surface area contributed by atoms with Gasteiger partial charge in [0, 0.05) is 17.3 Å². The van der Waals surface area contributed by atoms with Crippen LogP contribution in [-0.4, -0.2) is 27.8 Å². The van der Waals surface area contributed by atoms with Crippen LogP contribution in [0.4, 0.5) is 0 Å². The maximum Gasteiger partial charge on any atom is 0.305 e. The first kappa shape index (κ1) is 11.8. The smallest absolute Gasteiger partial charge is 0.305 e. The average molecular weight is 251 g/mol. The van der Waals surface area contributed by atoms with Crippen molar-refractivity contribution in [3.63, 3.8) is 0 Å². The Kier molecular flexibility index (Phi) is 3.53. The van der Waals surface area contributed by atoms with Gasteiger partial charge in [0.15, 0.2) is 0 Å². The number of carbonyl (C=O) groups is 1. The van der Waals surface area contributed by atoms with Gasteiger partial charge >= 0.3 is 5.97 Å². The van der Waals surface area contributed by atoms with E-state index in [0.29, 0.717) is 12.8 Å². The second-order valence-corrected chi connectivity index (χ2v) is 4.74. The molecule has 0 aliphatic carbocycles. The molecule has 2 rings (SSSR count). The predicted molar refractivity (Wildman–Crippen MR) is 64.3 cm³/mol. The third kappa shape index (κ3) is 2.91. The van der Waals surface area contributed by atoms with E-state index in [1.165, 1.54) is 18.4 Å². The monoisotopic (exact) mass is 251 g/mol. The largest absolute Gasteiger partial charge is 0.469 e. The molecule has 0 N–H and O–H groups in total. The molecule has 0 aliphatic heterocycles. The van der Waals surface area contributed by atoms with E-state index in [1.807, 2.05) is 13.1 Å². The van der Waals surface area contributed by atoms with E-state index in [9.17, 15) is 4.79 Å². The van der Waals surface area contributed by atoms with E-state index in [2.05, 4.69) is 14.8 Å². The van der Waals surface area contributed by atoms with Crippen molar-refractivity contribution in [3.05, 3.63) is 29.0 Å². The first-order valence-corrected chi connectivity index (χ1v) is 6.04. The van der Waals surface area contributed by atoms with Crippen molar-refractivity contribution < 1.29 is 9.53 Å². The van der Waals surface area contributed by atoms with Crippen LogP contribution in [0.2, 0.25) is 0 Å². The van der Waals surface area contributed by atoms with Gasteiger partial charge in [0.1, 0.15) is 0 Å². The van der Waals surface area contributed by atoms with Crippen molar-refractivity contribution in [2.75, 3.05) is 7.11 Å². The number of methoxy groups -OCH3 is 1. The van der Waals surface area contributed by atoms with Crippen LogP contribution in [0.3, 0.4) is 0 Å². The second-order valence-electron chi connectivity index (χ2n) is 3.65. The SMILES string of the molecule is COC(=O)CCc1cnc(-n2cc(C)cn2)s1. The molecule has 17 heavy (non-hydrogen) atoms. The minimum Gasteiger partial charge on any atom is -0.469 e. The number of esters is 1. The van der Waals surface area contributed by atoms with Gasteiger partial charge in [0.2, 0.25) is 5.13 Å². The lowest BCUT2D eigenvalue weighted by Gasteiger charge is -1.95. The van der Waals surface area contributed by atoms with Crippen LogP contribution < -0.4 is 0 Å². The number of aromatic nitrogens is 3. The number of aryl methyl sites for hydroxylation is 2. The molecular weight excluding hydrogens is 238 g/mol. The zero-order valence-electron chi connectivity index (χ0n) is 9.71. The zero-order chi connectivity index (χ0) is 12.3. The first-order valence-electron chi connectivity index (χ1n) is 5.22. The van der Waals surface area contributed by atoms with E-state index in [1.54, 1.807) is 17.1 Å². The van der Waals surface area contributed by atoms with Gasteiger partial charge in [-0.05, 0) is 18.9 Å². The van der Waals surface area contributed by atoms with Crippen molar-refractivity contribution in [1.82, 2.24) is 14.8 Å². The third-order valence-corrected chi connectivity index (χ3v) is 3.30. The summed E-state index contributed by atoms with van der Waals surface area (Å²) >= 11 is 1.53. The molecule has 0 bridgehead atoms. The lowest BCUT2D eigenvalue weighted by atomic mass is 10.3. The zero-order valence-corrected chi connectivity index (χ0v) is 10.5. The fourth-order valence-electron chi connectivity index (χ4n) is 1.36. The Morgan fingerprint density at radius 2 is 2.35 bits per heavy atom. The van der Waals surface area contributed by atoms with Crippen molar-refractivity contribution in [1.29, 1.82) is 0 Å². The predicted octanol–water partition coefficient (Wildman–Crippen LogP) is 1.74. The molecule has 0 amide bonds. The summed E-state index contributed by atoms with van der Waals surface area (Å²) in [6.45, 7) is 1.98. The molecule has 6 heteroatoms. The van der Waals surface area contributed by atoms with E-state index in [0.717, 1.165) is 15.6 Å². The highest BCUT2D eigenvalue weighted by atomic mass is 32.1. The molecule has 2 aromatic heterocycles. The first-order chi connectivity index (χ1) is 8.19. The van der Waals surface area contributed by atoms with Crippen LogP contribution in [-0.2, 0) is 16.0 Å². The van der Waals surface area contributed by atoms with Crippen LogP contribution in [0.15, 0.2) is 18.6 Å². The van der Waals surface area contributed by atoms with Crippen molar-refractivity contribution >= 4 is 17.3 Å². The lowest BCUT2D eigenvalue weighted by Crippen LogP contribution is -2.00. The van der Waals surface area contributed by atoms with Crippen LogP contribution >= 0.6 is 11.3 Å². The van der Waals surface area contributed by atoms with E-state index < -0.39 is 0 Å². The number of hydrogen-bond acceptors (Lipinski definition) is 5. The Morgan fingerprint density at radius 3 is 3.00 bits per heavy atom. The van der Waals surface area contributed by atoms with Crippen molar-refractivity contribution in [3.8, 4) is 5.13 Å². The summed E-state index contributed by atoms with van der Waals surface area (Å²) < 4.78 is 6.33. The molecule has 2 aromatic rings. The van der Waals surface area contributed by atoms with Gasteiger partial charge in [-0.3, -0.25) is 4.79 Å². The summed E-state index contributed by atoms with van der Waals surface area (Å²) in [4.78, 5) is 16.3. The standard InChI is InChI=1S/C11H13N3O2S/c1-8-5-13-14(7-8)11-12-6-9(17-11)3-4-10(15)16-2/h5-7H,3-4H2,1-2H3. The van der Waals surface area contributed by atoms with Gasteiger partial charge in [-0.15, -0.1) is 0 Å². The highest BCUT2D eigenvalue weighted by Crippen LogP contribution is 2.18. The maximum absolute atomic E-state index is 11.0. The van der Waals surface area contributed by atoms with E-state index in [4.69, 9.17) is 0 Å². The lowest BCUT2D eigenvalue weighted by molar-refractivity contribution is -0.140. The Balaban J connectivity index is 2.03. The molecule has 5 nitrogen and oxygen atoms in total. The van der Waals surface area contributed by atoms with Crippen molar-refractivity contribution in [2.24, 2.45) is 0 Å². The molecule has 0 radical (unpaired) electrons. The highest BCUT2D eigenvalue weighted by molar-refractivity contribution is 7.14. The van der Waals surface area contributed by atoms with Gasteiger partial charge < -0.3 is 4.74 Å². The summed E-state index contributed by atoms with van der Waals surface area (Å²) in [5.74, 6) is -0.199. The molecule has 0 spiro atoms. The fraction of sp³-hybridized carbons (Fsp3) is 0.364. The number of thiazole rings is 1. The summed E-state index contributed by atoms with van der Waals surface area (Å²) in [6, 6.07) is 0. The number of ether oxygens (including phenoxy) is 1. The number of rotatable bonds is 4. The average Bonchev–Trinajstić information content (AvgIpc) is 2.94. The maximum atomic E-state index is 11.0. The van der Waals surface area contributed by atoms with Crippen LogP contribution in [0.5, 0.6) is 0 Å². The number of hydrogen-bond donors (Lipinski definition) is 0. The minimum absolute atomic E-state index is 0.199. The molecular formula is C11H13N3O2S. The molecule has 0 aliphatic rings. The second kappa shape index (κ2) is 5.09. The molecule has 0 unspecified atom stereocenters. The molecule has 2 heterocycles. The minimum atomic E-state index is -0.199. The summed E-state index contributed by atoms with van der Waals surface area (Å²) in [7, 11) is 1.40. The summed E-state index contributed by atoms with van der Waals surface area (Å²) in [5.41, 5.74) is 1.09. The van der Waals surface area contributed by atoms with Crippen LogP contribution in [0, 0.1) is 6.92 Å². The summed E-state index contributed by atoms with van der Waals surface area (Å²) in [6.07, 6.45) is 6.53. The summed E-state index contributed by atoms with van der Waals surface area (Å²) in [5, 5.41) is 5.00. The molecule has 0 fully saturated rings. The molecule has 0 saturated carbocycles. The molecule has 90 valence electrons. The van der Waals surface area contributed by atoms with Gasteiger partial charge in [0.05, 0.1) is 19.7 Å². The molecule has 0 aromatic carbocycles. The Hall–Kier alpha value is -1.69. The number of nitrogens with zero attached hydrogens (tertiary/aromatic N) is 3. The van der Waals surface area contributed by atoms with Gasteiger partial charge in [-0.2, -0.15) is 5.10 Å². The van der Waals surface area contributed by atoms with Gasteiger partial charge in [-0.25, -0.2) is 9.67 Å². The normalized spacial score (nSPS) is 10.5. The van der Waals surface area contributed by atoms with Gasteiger partial charge in [-0.1, -0.05) is 11.3 Å². The number of carbonyl (C=O) groups excluding carboxylic acids is 1. The fourth-order valence-corrected chi connectivity index (χ4v) is 2.21. The van der Waals surface area contributed by atoms with Crippen molar-refractivity contribution in [2.45, 2.75) is 19.8 Å². The van der Waals surface area contributed by atoms with E-state index >= 15 is 0 Å². The highest BCUT2D eigenvalue weighted by Gasteiger charge is 2.07. The molecule has 0 saturated heterocycles. The quantitative estimate of drug-likeness (QED) is 0.777. The van der Waals surface area contributed by atoms with Crippen LogP contribution in [0.1, 0.15) is 16.9 Å². The topological polar surface area (TPSA) is 57.0 Å². The third-order valence-electron chi connectivity index (χ3n) is 2.25. The Labute approximate surface area is 103 Å². The molecule has 0 atom stereocenters.